The van der Waals surface area contributed by atoms with Crippen LogP contribution in [0.1, 0.15) is 52.0 Å². The Morgan fingerprint density at radius 2 is 2.05 bits per heavy atom. The summed E-state index contributed by atoms with van der Waals surface area (Å²) in [6, 6.07) is 5.14. The summed E-state index contributed by atoms with van der Waals surface area (Å²) < 4.78 is 0. The van der Waals surface area contributed by atoms with E-state index in [4.69, 9.17) is 0 Å². The molecule has 0 saturated heterocycles. The fourth-order valence-corrected chi connectivity index (χ4v) is 2.76. The number of rotatable bonds is 3. The zero-order valence-corrected chi connectivity index (χ0v) is 11.5. The predicted octanol–water partition coefficient (Wildman–Crippen LogP) is 2.21. The van der Waals surface area contributed by atoms with Gasteiger partial charge in [0.15, 0.2) is 5.78 Å². The highest BCUT2D eigenvalue weighted by molar-refractivity contribution is 6.10. The molecule has 1 aromatic rings. The highest BCUT2D eigenvalue weighted by Gasteiger charge is 2.29. The summed E-state index contributed by atoms with van der Waals surface area (Å²) in [6.07, 6.45) is 4.28. The maximum absolute atomic E-state index is 12.2. The molecule has 20 heavy (non-hydrogen) atoms. The summed E-state index contributed by atoms with van der Waals surface area (Å²) in [7, 11) is 1.48. The molecule has 0 atom stereocenters. The van der Waals surface area contributed by atoms with Gasteiger partial charge >= 0.3 is 0 Å². The third kappa shape index (κ3) is 2.15. The first kappa shape index (κ1) is 13.0. The molecular formula is C16H17NO3. The molecule has 0 bridgehead atoms. The number of likely N-dealkylation sites (N-methyl/N-ethyl adjacent to an activating group) is 1. The second-order valence-electron chi connectivity index (χ2n) is 5.73. The van der Waals surface area contributed by atoms with Crippen molar-refractivity contribution < 1.29 is 14.4 Å². The Morgan fingerprint density at radius 3 is 2.70 bits per heavy atom. The number of benzene rings is 1. The molecule has 1 heterocycles. The van der Waals surface area contributed by atoms with Gasteiger partial charge in [-0.1, -0.05) is 31.4 Å². The zero-order valence-electron chi connectivity index (χ0n) is 11.5. The second kappa shape index (κ2) is 4.85. The maximum atomic E-state index is 12.2. The van der Waals surface area contributed by atoms with Crippen LogP contribution in [0.5, 0.6) is 0 Å². The fourth-order valence-electron chi connectivity index (χ4n) is 2.76. The van der Waals surface area contributed by atoms with Gasteiger partial charge in [-0.05, 0) is 17.5 Å². The van der Waals surface area contributed by atoms with E-state index in [2.05, 4.69) is 0 Å². The molecule has 104 valence electrons. The Labute approximate surface area is 117 Å². The van der Waals surface area contributed by atoms with Crippen molar-refractivity contribution in [3.8, 4) is 0 Å². The third-order valence-corrected chi connectivity index (χ3v) is 4.38. The van der Waals surface area contributed by atoms with E-state index < -0.39 is 0 Å². The summed E-state index contributed by atoms with van der Waals surface area (Å²) in [5, 5.41) is 0. The zero-order chi connectivity index (χ0) is 14.3. The molecule has 1 aromatic carbocycles. The quantitative estimate of drug-likeness (QED) is 0.625. The third-order valence-electron chi connectivity index (χ3n) is 4.38. The van der Waals surface area contributed by atoms with Crippen LogP contribution in [0.3, 0.4) is 0 Å². The first-order valence-corrected chi connectivity index (χ1v) is 7.03. The van der Waals surface area contributed by atoms with Gasteiger partial charge in [0.1, 0.15) is 0 Å². The molecule has 0 N–H and O–H groups in total. The van der Waals surface area contributed by atoms with E-state index in [-0.39, 0.29) is 24.0 Å². The van der Waals surface area contributed by atoms with E-state index in [0.29, 0.717) is 23.5 Å². The smallest absolute Gasteiger partial charge is 0.260 e. The van der Waals surface area contributed by atoms with Gasteiger partial charge in [0.2, 0.25) is 5.91 Å². The number of ketones is 1. The average Bonchev–Trinajstić information content (AvgIpc) is 2.40. The van der Waals surface area contributed by atoms with Crippen molar-refractivity contribution in [3.05, 3.63) is 34.9 Å². The van der Waals surface area contributed by atoms with Gasteiger partial charge in [-0.15, -0.1) is 0 Å². The van der Waals surface area contributed by atoms with Crippen molar-refractivity contribution in [1.82, 2.24) is 4.90 Å². The van der Waals surface area contributed by atoms with Gasteiger partial charge in [-0.2, -0.15) is 0 Å². The number of amides is 2. The first-order chi connectivity index (χ1) is 9.56. The number of fused-ring (bicyclic) bond motifs is 1. The van der Waals surface area contributed by atoms with Gasteiger partial charge in [-0.25, -0.2) is 0 Å². The van der Waals surface area contributed by atoms with Crippen molar-refractivity contribution in [3.63, 3.8) is 0 Å². The fraction of sp³-hybridized carbons (Fsp3) is 0.438. The Balaban J connectivity index is 1.86. The summed E-state index contributed by atoms with van der Waals surface area (Å²) in [4.78, 5) is 37.0. The molecule has 0 unspecified atom stereocenters. The number of imide groups is 1. The molecule has 4 heteroatoms. The van der Waals surface area contributed by atoms with Crippen molar-refractivity contribution in [2.45, 2.75) is 32.1 Å². The summed E-state index contributed by atoms with van der Waals surface area (Å²) >= 11 is 0. The monoisotopic (exact) mass is 271 g/mol. The highest BCUT2D eigenvalue weighted by atomic mass is 16.2. The molecule has 1 fully saturated rings. The standard InChI is InChI=1S/C16H17NO3/c1-17-15(19)9-11-5-6-12(8-13(11)16(17)20)14(18)7-10-3-2-4-10/h5-6,8,10H,2-4,7,9H2,1H3. The van der Waals surface area contributed by atoms with Crippen LogP contribution in [0.4, 0.5) is 0 Å². The van der Waals surface area contributed by atoms with Crippen LogP contribution in [0.15, 0.2) is 18.2 Å². The van der Waals surface area contributed by atoms with Crippen molar-refractivity contribution in [1.29, 1.82) is 0 Å². The Hall–Kier alpha value is -1.97. The topological polar surface area (TPSA) is 54.5 Å². The lowest BCUT2D eigenvalue weighted by Crippen LogP contribution is -2.39. The number of carbonyl (C=O) groups is 3. The Morgan fingerprint density at radius 1 is 1.30 bits per heavy atom. The summed E-state index contributed by atoms with van der Waals surface area (Å²) in [5.74, 6) is 0.105. The van der Waals surface area contributed by atoms with Crippen LogP contribution in [0.2, 0.25) is 0 Å². The number of carbonyl (C=O) groups excluding carboxylic acids is 3. The van der Waals surface area contributed by atoms with Crippen molar-refractivity contribution in [2.75, 3.05) is 7.05 Å². The van der Waals surface area contributed by atoms with E-state index >= 15 is 0 Å². The van der Waals surface area contributed by atoms with Crippen LogP contribution < -0.4 is 0 Å². The highest BCUT2D eigenvalue weighted by Crippen LogP contribution is 2.31. The largest absolute Gasteiger partial charge is 0.294 e. The van der Waals surface area contributed by atoms with E-state index in [9.17, 15) is 14.4 Å². The van der Waals surface area contributed by atoms with Crippen LogP contribution in [0.25, 0.3) is 0 Å². The molecule has 3 rings (SSSR count). The van der Waals surface area contributed by atoms with E-state index in [0.717, 1.165) is 23.3 Å². The molecule has 0 spiro atoms. The first-order valence-electron chi connectivity index (χ1n) is 7.03. The summed E-state index contributed by atoms with van der Waals surface area (Å²) in [6.45, 7) is 0. The molecule has 1 saturated carbocycles. The van der Waals surface area contributed by atoms with Crippen LogP contribution in [-0.4, -0.2) is 29.5 Å². The molecule has 4 nitrogen and oxygen atoms in total. The van der Waals surface area contributed by atoms with Gasteiger partial charge in [0, 0.05) is 24.6 Å². The van der Waals surface area contributed by atoms with Gasteiger partial charge in [0.05, 0.1) is 6.42 Å². The number of Topliss-reactive ketones (excluding diaryl/α,β-unsaturated/α-hetero) is 1. The maximum Gasteiger partial charge on any atom is 0.260 e. The number of nitrogens with zero attached hydrogens (tertiary/aromatic N) is 1. The molecule has 2 aliphatic rings. The number of hydrogen-bond acceptors (Lipinski definition) is 3. The van der Waals surface area contributed by atoms with E-state index in [1.807, 2.05) is 0 Å². The molecule has 1 aliphatic heterocycles. The minimum Gasteiger partial charge on any atom is -0.294 e. The minimum atomic E-state index is -0.311. The lowest BCUT2D eigenvalue weighted by molar-refractivity contribution is -0.127. The Kier molecular flexibility index (Phi) is 3.16. The molecule has 0 aromatic heterocycles. The SMILES string of the molecule is CN1C(=O)Cc2ccc(C(=O)CC3CCC3)cc2C1=O. The predicted molar refractivity (Wildman–Crippen MR) is 73.5 cm³/mol. The normalized spacial score (nSPS) is 18.8. The lowest BCUT2D eigenvalue weighted by atomic mass is 9.80. The van der Waals surface area contributed by atoms with Crippen molar-refractivity contribution >= 4 is 17.6 Å². The van der Waals surface area contributed by atoms with Crippen LogP contribution in [0, 0.1) is 5.92 Å². The van der Waals surface area contributed by atoms with Crippen LogP contribution >= 0.6 is 0 Å². The lowest BCUT2D eigenvalue weighted by Gasteiger charge is -2.25. The summed E-state index contributed by atoms with van der Waals surface area (Å²) in [5.41, 5.74) is 1.80. The van der Waals surface area contributed by atoms with Gasteiger partial charge in [0.25, 0.3) is 5.91 Å². The van der Waals surface area contributed by atoms with Gasteiger partial charge < -0.3 is 0 Å². The van der Waals surface area contributed by atoms with Crippen molar-refractivity contribution in [2.24, 2.45) is 5.92 Å². The molecule has 0 radical (unpaired) electrons. The van der Waals surface area contributed by atoms with Gasteiger partial charge in [-0.3, -0.25) is 19.3 Å². The molecular weight excluding hydrogens is 254 g/mol. The van der Waals surface area contributed by atoms with E-state index in [1.165, 1.54) is 13.5 Å². The number of hydrogen-bond donors (Lipinski definition) is 0. The van der Waals surface area contributed by atoms with Crippen LogP contribution in [-0.2, 0) is 11.2 Å². The Bertz CT molecular complexity index is 602. The average molecular weight is 271 g/mol. The van der Waals surface area contributed by atoms with E-state index in [1.54, 1.807) is 18.2 Å². The molecule has 2 amide bonds. The minimum absolute atomic E-state index is 0.102. The second-order valence-corrected chi connectivity index (χ2v) is 5.73. The molecule has 1 aliphatic carbocycles.